The number of hydrogen-bond acceptors (Lipinski definition) is 7. The molecule has 3 rings (SSSR count). The summed E-state index contributed by atoms with van der Waals surface area (Å²) in [5.41, 5.74) is 4.63. The van der Waals surface area contributed by atoms with Gasteiger partial charge in [-0.1, -0.05) is 78.4 Å². The molecule has 0 aromatic heterocycles. The number of unbranched alkanes of at least 4 members (excludes halogenated alkanes) is 1. The van der Waals surface area contributed by atoms with Gasteiger partial charge < -0.3 is 25.4 Å². The lowest BCUT2D eigenvalue weighted by molar-refractivity contribution is -0.130. The van der Waals surface area contributed by atoms with Gasteiger partial charge in [-0.3, -0.25) is 9.59 Å². The zero-order chi connectivity index (χ0) is 31.9. The number of benzene rings is 3. The molecule has 2 amide bonds. The molecule has 0 unspecified atom stereocenters. The SMILES string of the molecule is CNCCCC[C@H](NC(=O)[C@H](Cc1ccccc1)NC(=O)OCc1ccccc1)C(=O)COC(=O)c1c(C)cc(C)cc1C. The van der Waals surface area contributed by atoms with Crippen molar-refractivity contribution in [1.29, 1.82) is 0 Å². The van der Waals surface area contributed by atoms with E-state index in [9.17, 15) is 19.2 Å². The molecule has 0 bridgehead atoms. The van der Waals surface area contributed by atoms with Crippen molar-refractivity contribution in [2.45, 2.75) is 65.1 Å². The number of alkyl carbamates (subject to hydrolysis) is 1. The molecule has 3 N–H and O–H groups in total. The van der Waals surface area contributed by atoms with Crippen LogP contribution in [-0.4, -0.2) is 56.0 Å². The molecule has 0 aliphatic carbocycles. The molecule has 0 saturated heterocycles. The molecule has 0 saturated carbocycles. The number of carbonyl (C=O) groups is 4. The van der Waals surface area contributed by atoms with E-state index in [1.54, 1.807) is 0 Å². The van der Waals surface area contributed by atoms with Gasteiger partial charge in [-0.25, -0.2) is 9.59 Å². The van der Waals surface area contributed by atoms with E-state index in [2.05, 4.69) is 16.0 Å². The highest BCUT2D eigenvalue weighted by Gasteiger charge is 2.28. The summed E-state index contributed by atoms with van der Waals surface area (Å²) in [6.45, 7) is 5.91. The van der Waals surface area contributed by atoms with Crippen molar-refractivity contribution >= 4 is 23.8 Å². The largest absolute Gasteiger partial charge is 0.454 e. The molecule has 2 atom stereocenters. The smallest absolute Gasteiger partial charge is 0.408 e. The van der Waals surface area contributed by atoms with Crippen molar-refractivity contribution in [3.63, 3.8) is 0 Å². The maximum Gasteiger partial charge on any atom is 0.408 e. The second-order valence-corrected chi connectivity index (χ2v) is 10.9. The Balaban J connectivity index is 1.71. The third kappa shape index (κ3) is 11.0. The lowest BCUT2D eigenvalue weighted by Crippen LogP contribution is -2.53. The van der Waals surface area contributed by atoms with E-state index in [-0.39, 0.29) is 13.0 Å². The van der Waals surface area contributed by atoms with Gasteiger partial charge in [0, 0.05) is 6.42 Å². The minimum absolute atomic E-state index is 0.0459. The number of ketones is 1. The van der Waals surface area contributed by atoms with Crippen LogP contribution < -0.4 is 16.0 Å². The first-order chi connectivity index (χ1) is 21.2. The topological polar surface area (TPSA) is 123 Å². The van der Waals surface area contributed by atoms with Crippen LogP contribution in [0, 0.1) is 20.8 Å². The molecule has 3 aromatic carbocycles. The fourth-order valence-electron chi connectivity index (χ4n) is 5.01. The summed E-state index contributed by atoms with van der Waals surface area (Å²) in [4.78, 5) is 52.6. The van der Waals surface area contributed by atoms with Crippen molar-refractivity contribution in [3.05, 3.63) is 106 Å². The summed E-state index contributed by atoms with van der Waals surface area (Å²) < 4.78 is 10.8. The van der Waals surface area contributed by atoms with Gasteiger partial charge in [0.25, 0.3) is 0 Å². The van der Waals surface area contributed by atoms with Crippen LogP contribution in [0.15, 0.2) is 72.8 Å². The Kier molecular flexibility index (Phi) is 13.6. The highest BCUT2D eigenvalue weighted by molar-refractivity contribution is 5.96. The highest BCUT2D eigenvalue weighted by Crippen LogP contribution is 2.18. The number of rotatable bonds is 16. The Labute approximate surface area is 259 Å². The van der Waals surface area contributed by atoms with E-state index in [0.717, 1.165) is 40.8 Å². The maximum atomic E-state index is 13.6. The van der Waals surface area contributed by atoms with Gasteiger partial charge in [0.1, 0.15) is 12.6 Å². The first kappa shape index (κ1) is 34.0. The number of ether oxygens (including phenoxy) is 2. The molecule has 3 aromatic rings. The van der Waals surface area contributed by atoms with Gasteiger partial charge in [0.05, 0.1) is 11.6 Å². The van der Waals surface area contributed by atoms with E-state index in [4.69, 9.17) is 9.47 Å². The number of esters is 1. The number of Topliss-reactive ketones (excluding diaryl/α,β-unsaturated/α-hetero) is 1. The summed E-state index contributed by atoms with van der Waals surface area (Å²) >= 11 is 0. The molecule has 0 heterocycles. The second-order valence-electron chi connectivity index (χ2n) is 10.9. The zero-order valence-electron chi connectivity index (χ0n) is 26.0. The normalized spacial score (nSPS) is 12.1. The number of aryl methyl sites for hydroxylation is 3. The first-order valence-corrected chi connectivity index (χ1v) is 14.9. The minimum atomic E-state index is -1.01. The first-order valence-electron chi connectivity index (χ1n) is 14.9. The average molecular weight is 602 g/mol. The molecule has 0 radical (unpaired) electrons. The Morgan fingerprint density at radius 2 is 1.36 bits per heavy atom. The Hall–Kier alpha value is -4.50. The molecule has 44 heavy (non-hydrogen) atoms. The van der Waals surface area contributed by atoms with Crippen LogP contribution in [0.2, 0.25) is 0 Å². The zero-order valence-corrected chi connectivity index (χ0v) is 26.0. The maximum absolute atomic E-state index is 13.6. The molecular weight excluding hydrogens is 558 g/mol. The summed E-state index contributed by atoms with van der Waals surface area (Å²) in [5.74, 6) is -1.55. The van der Waals surface area contributed by atoms with E-state index in [1.165, 1.54) is 0 Å². The van der Waals surface area contributed by atoms with E-state index >= 15 is 0 Å². The van der Waals surface area contributed by atoms with Crippen LogP contribution in [0.25, 0.3) is 0 Å². The lowest BCUT2D eigenvalue weighted by Gasteiger charge is -2.23. The van der Waals surface area contributed by atoms with Gasteiger partial charge in [-0.05, 0) is 75.9 Å². The van der Waals surface area contributed by atoms with Crippen LogP contribution >= 0.6 is 0 Å². The van der Waals surface area contributed by atoms with Gasteiger partial charge >= 0.3 is 12.1 Å². The molecular formula is C35H43N3O6. The standard InChI is InChI=1S/C35H43N3O6/c1-24-19-25(2)32(26(3)20-24)34(41)43-23-31(39)29(17-11-12-18-36-4)37-33(40)30(21-27-13-7-5-8-14-27)38-35(42)44-22-28-15-9-6-10-16-28/h5-10,13-16,19-20,29-30,36H,11-12,17-18,21-23H2,1-4H3,(H,37,40)(H,38,42)/t29-,30-/m0/s1. The number of carbonyl (C=O) groups excluding carboxylic acids is 4. The number of nitrogens with one attached hydrogen (secondary N) is 3. The minimum Gasteiger partial charge on any atom is -0.454 e. The molecule has 0 aliphatic rings. The quantitative estimate of drug-likeness (QED) is 0.160. The summed E-state index contributed by atoms with van der Waals surface area (Å²) in [5, 5.41) is 8.55. The Morgan fingerprint density at radius 3 is 1.98 bits per heavy atom. The molecule has 0 spiro atoms. The van der Waals surface area contributed by atoms with E-state index < -0.39 is 42.4 Å². The fourth-order valence-corrected chi connectivity index (χ4v) is 5.01. The monoisotopic (exact) mass is 601 g/mol. The third-order valence-electron chi connectivity index (χ3n) is 7.21. The van der Waals surface area contributed by atoms with Crippen molar-refractivity contribution in [2.24, 2.45) is 0 Å². The molecule has 9 nitrogen and oxygen atoms in total. The highest BCUT2D eigenvalue weighted by atomic mass is 16.5. The Morgan fingerprint density at radius 1 is 0.750 bits per heavy atom. The van der Waals surface area contributed by atoms with Gasteiger partial charge in [0.15, 0.2) is 12.4 Å². The fraction of sp³-hybridized carbons (Fsp3) is 0.371. The van der Waals surface area contributed by atoms with E-state index in [0.29, 0.717) is 18.4 Å². The Bertz CT molecular complexity index is 1370. The molecule has 234 valence electrons. The van der Waals surface area contributed by atoms with Crippen molar-refractivity contribution < 1.29 is 28.7 Å². The second kappa shape index (κ2) is 17.6. The molecule has 9 heteroatoms. The van der Waals surface area contributed by atoms with Crippen LogP contribution in [0.1, 0.15) is 57.4 Å². The average Bonchev–Trinajstić information content (AvgIpc) is 3.00. The third-order valence-corrected chi connectivity index (χ3v) is 7.21. The summed E-state index contributed by atoms with van der Waals surface area (Å²) in [6.07, 6.45) is 1.23. The van der Waals surface area contributed by atoms with Crippen molar-refractivity contribution in [2.75, 3.05) is 20.2 Å². The van der Waals surface area contributed by atoms with Gasteiger partial charge in [0.2, 0.25) is 5.91 Å². The molecule has 0 fully saturated rings. The van der Waals surface area contributed by atoms with Crippen molar-refractivity contribution in [3.8, 4) is 0 Å². The van der Waals surface area contributed by atoms with Crippen LogP contribution in [0.4, 0.5) is 4.79 Å². The van der Waals surface area contributed by atoms with Crippen LogP contribution in [0.3, 0.4) is 0 Å². The van der Waals surface area contributed by atoms with Crippen molar-refractivity contribution in [1.82, 2.24) is 16.0 Å². The number of amides is 2. The van der Waals surface area contributed by atoms with Gasteiger partial charge in [-0.15, -0.1) is 0 Å². The number of hydrogen-bond donors (Lipinski definition) is 3. The summed E-state index contributed by atoms with van der Waals surface area (Å²) in [7, 11) is 1.84. The predicted molar refractivity (Wildman–Crippen MR) is 169 cm³/mol. The molecule has 0 aliphatic heterocycles. The predicted octanol–water partition coefficient (Wildman–Crippen LogP) is 4.75. The summed E-state index contributed by atoms with van der Waals surface area (Å²) in [6, 6.07) is 20.3. The van der Waals surface area contributed by atoms with Crippen LogP contribution in [0.5, 0.6) is 0 Å². The lowest BCUT2D eigenvalue weighted by atomic mass is 10.00. The van der Waals surface area contributed by atoms with Gasteiger partial charge in [-0.2, -0.15) is 0 Å². The van der Waals surface area contributed by atoms with E-state index in [1.807, 2.05) is 101 Å². The van der Waals surface area contributed by atoms with Crippen LogP contribution in [-0.2, 0) is 32.1 Å².